The van der Waals surface area contributed by atoms with Crippen LogP contribution in [0.25, 0.3) is 0 Å². The van der Waals surface area contributed by atoms with Crippen molar-refractivity contribution in [1.29, 1.82) is 0 Å². The third-order valence-electron chi connectivity index (χ3n) is 5.16. The summed E-state index contributed by atoms with van der Waals surface area (Å²) in [5, 5.41) is 5.35. The Morgan fingerprint density at radius 2 is 1.29 bits per heavy atom. The monoisotopic (exact) mass is 467 g/mol. The molecule has 2 aromatic rings. The number of guanidine groups is 1. The van der Waals surface area contributed by atoms with Crippen LogP contribution in [0.4, 0.5) is 0 Å². The molecule has 2 rings (SSSR count). The molecule has 3 atom stereocenters. The van der Waals surface area contributed by atoms with Crippen LogP contribution in [0.3, 0.4) is 0 Å². The zero-order chi connectivity index (χ0) is 24.9. The van der Waals surface area contributed by atoms with Gasteiger partial charge in [0.05, 0.1) is 6.04 Å². The first-order chi connectivity index (χ1) is 16.3. The lowest BCUT2D eigenvalue weighted by Crippen LogP contribution is -2.56. The Kier molecular flexibility index (Phi) is 10.5. The van der Waals surface area contributed by atoms with Gasteiger partial charge in [-0.25, -0.2) is 0 Å². The summed E-state index contributed by atoms with van der Waals surface area (Å²) in [6.45, 7) is 0.279. The number of benzene rings is 2. The standard InChI is InChI=1S/C24H33N7O3/c25-18(14-16-8-3-1-4-9-16)22(33)30-19(12-7-13-29-24(27)28)23(34)31-20(21(26)32)15-17-10-5-2-6-11-17/h1-6,8-11,18-20H,7,12-15,25H2,(H2,26,32)(H,30,33)(H,31,34)(H4,27,28,29)/t18-,19-,20?/m0/s1. The molecule has 34 heavy (non-hydrogen) atoms. The Bertz CT molecular complexity index is 963. The number of nitrogens with one attached hydrogen (secondary N) is 2. The van der Waals surface area contributed by atoms with E-state index in [-0.39, 0.29) is 25.3 Å². The van der Waals surface area contributed by atoms with Gasteiger partial charge in [0.1, 0.15) is 12.1 Å². The van der Waals surface area contributed by atoms with E-state index in [2.05, 4.69) is 15.6 Å². The summed E-state index contributed by atoms with van der Waals surface area (Å²) < 4.78 is 0. The number of primary amides is 1. The predicted octanol–water partition coefficient (Wildman–Crippen LogP) is -0.692. The van der Waals surface area contributed by atoms with Crippen molar-refractivity contribution in [3.8, 4) is 0 Å². The van der Waals surface area contributed by atoms with E-state index >= 15 is 0 Å². The normalized spacial score (nSPS) is 13.2. The first-order valence-corrected chi connectivity index (χ1v) is 11.0. The molecule has 0 aliphatic rings. The highest BCUT2D eigenvalue weighted by molar-refractivity contribution is 5.92. The fourth-order valence-corrected chi connectivity index (χ4v) is 3.36. The third-order valence-corrected chi connectivity index (χ3v) is 5.16. The van der Waals surface area contributed by atoms with Gasteiger partial charge in [-0.15, -0.1) is 0 Å². The van der Waals surface area contributed by atoms with E-state index in [1.807, 2.05) is 60.7 Å². The lowest BCUT2D eigenvalue weighted by molar-refractivity contribution is -0.131. The second-order valence-corrected chi connectivity index (χ2v) is 7.96. The molecule has 0 fully saturated rings. The minimum absolute atomic E-state index is 0.0634. The van der Waals surface area contributed by atoms with Gasteiger partial charge in [0.15, 0.2) is 5.96 Å². The number of aliphatic imine (C=N–C) groups is 1. The van der Waals surface area contributed by atoms with Crippen molar-refractivity contribution in [2.24, 2.45) is 27.9 Å². The summed E-state index contributed by atoms with van der Waals surface area (Å²) >= 11 is 0. The average Bonchev–Trinajstić information content (AvgIpc) is 2.81. The topological polar surface area (TPSA) is 192 Å². The van der Waals surface area contributed by atoms with E-state index in [0.717, 1.165) is 11.1 Å². The van der Waals surface area contributed by atoms with Crippen molar-refractivity contribution in [3.63, 3.8) is 0 Å². The molecule has 0 spiro atoms. The summed E-state index contributed by atoms with van der Waals surface area (Å²) in [5.74, 6) is -1.76. The maximum atomic E-state index is 13.0. The summed E-state index contributed by atoms with van der Waals surface area (Å²) in [5.41, 5.74) is 24.0. The minimum Gasteiger partial charge on any atom is -0.370 e. The van der Waals surface area contributed by atoms with Crippen LogP contribution < -0.4 is 33.6 Å². The number of nitrogens with two attached hydrogens (primary N) is 4. The van der Waals surface area contributed by atoms with Crippen molar-refractivity contribution in [3.05, 3.63) is 71.8 Å². The van der Waals surface area contributed by atoms with E-state index < -0.39 is 35.8 Å². The molecule has 182 valence electrons. The molecule has 0 aliphatic heterocycles. The highest BCUT2D eigenvalue weighted by Crippen LogP contribution is 2.07. The van der Waals surface area contributed by atoms with Crippen molar-refractivity contribution < 1.29 is 14.4 Å². The van der Waals surface area contributed by atoms with Gasteiger partial charge in [0.25, 0.3) is 0 Å². The van der Waals surface area contributed by atoms with Crippen LogP contribution in [0.2, 0.25) is 0 Å². The summed E-state index contributed by atoms with van der Waals surface area (Å²) in [7, 11) is 0. The Labute approximate surface area is 199 Å². The average molecular weight is 468 g/mol. The van der Waals surface area contributed by atoms with Gasteiger partial charge >= 0.3 is 0 Å². The molecule has 0 radical (unpaired) electrons. The molecular weight excluding hydrogens is 434 g/mol. The maximum Gasteiger partial charge on any atom is 0.243 e. The second-order valence-electron chi connectivity index (χ2n) is 7.96. The quantitative estimate of drug-likeness (QED) is 0.128. The summed E-state index contributed by atoms with van der Waals surface area (Å²) in [6.07, 6.45) is 1.20. The number of hydrogen-bond acceptors (Lipinski definition) is 5. The Hall–Kier alpha value is -3.92. The molecule has 0 aliphatic carbocycles. The molecule has 3 amide bonds. The zero-order valence-corrected chi connectivity index (χ0v) is 19.0. The van der Waals surface area contributed by atoms with Crippen LogP contribution in [-0.4, -0.2) is 48.4 Å². The molecule has 0 heterocycles. The van der Waals surface area contributed by atoms with Crippen molar-refractivity contribution in [2.45, 2.75) is 43.8 Å². The van der Waals surface area contributed by atoms with Crippen molar-refractivity contribution >= 4 is 23.7 Å². The Morgan fingerprint density at radius 3 is 1.82 bits per heavy atom. The van der Waals surface area contributed by atoms with Gasteiger partial charge in [-0.3, -0.25) is 19.4 Å². The van der Waals surface area contributed by atoms with E-state index in [9.17, 15) is 14.4 Å². The summed E-state index contributed by atoms with van der Waals surface area (Å²) in [6, 6.07) is 15.8. The zero-order valence-electron chi connectivity index (χ0n) is 19.0. The van der Waals surface area contributed by atoms with Gasteiger partial charge in [-0.1, -0.05) is 60.7 Å². The summed E-state index contributed by atoms with van der Waals surface area (Å²) in [4.78, 5) is 41.7. The second kappa shape index (κ2) is 13.6. The molecule has 1 unspecified atom stereocenters. The maximum absolute atomic E-state index is 13.0. The van der Waals surface area contributed by atoms with Gasteiger partial charge in [-0.2, -0.15) is 0 Å². The van der Waals surface area contributed by atoms with Crippen LogP contribution in [0.5, 0.6) is 0 Å². The Morgan fingerprint density at radius 1 is 0.765 bits per heavy atom. The number of rotatable bonds is 13. The Balaban J connectivity index is 2.07. The van der Waals surface area contributed by atoms with Gasteiger partial charge in [0.2, 0.25) is 17.7 Å². The number of carbonyl (C=O) groups is 3. The van der Waals surface area contributed by atoms with E-state index in [1.54, 1.807) is 0 Å². The highest BCUT2D eigenvalue weighted by Gasteiger charge is 2.27. The molecule has 0 aromatic heterocycles. The fraction of sp³-hybridized carbons (Fsp3) is 0.333. The van der Waals surface area contributed by atoms with Crippen molar-refractivity contribution in [2.75, 3.05) is 6.54 Å². The van der Waals surface area contributed by atoms with E-state index in [1.165, 1.54) is 0 Å². The van der Waals surface area contributed by atoms with Crippen molar-refractivity contribution in [1.82, 2.24) is 10.6 Å². The predicted molar refractivity (Wildman–Crippen MR) is 131 cm³/mol. The lowest BCUT2D eigenvalue weighted by Gasteiger charge is -2.23. The van der Waals surface area contributed by atoms with Crippen LogP contribution in [-0.2, 0) is 27.2 Å². The highest BCUT2D eigenvalue weighted by atomic mass is 16.2. The van der Waals surface area contributed by atoms with Gasteiger partial charge in [0, 0.05) is 13.0 Å². The van der Waals surface area contributed by atoms with Crippen LogP contribution in [0.15, 0.2) is 65.7 Å². The lowest BCUT2D eigenvalue weighted by atomic mass is 10.0. The van der Waals surface area contributed by atoms with E-state index in [0.29, 0.717) is 12.8 Å². The molecule has 2 aromatic carbocycles. The SMILES string of the molecule is NC(=O)C(Cc1ccccc1)NC(=O)[C@H](CCCN=C(N)N)NC(=O)[C@@H](N)Cc1ccccc1. The first-order valence-electron chi connectivity index (χ1n) is 11.0. The molecule has 0 bridgehead atoms. The number of amides is 3. The number of nitrogens with zero attached hydrogens (tertiary/aromatic N) is 1. The third kappa shape index (κ3) is 9.29. The molecule has 10 heteroatoms. The largest absolute Gasteiger partial charge is 0.370 e. The molecular formula is C24H33N7O3. The smallest absolute Gasteiger partial charge is 0.243 e. The van der Waals surface area contributed by atoms with E-state index in [4.69, 9.17) is 22.9 Å². The minimum atomic E-state index is -0.943. The fourth-order valence-electron chi connectivity index (χ4n) is 3.36. The first kappa shape index (κ1) is 26.3. The van der Waals surface area contributed by atoms with Crippen LogP contribution in [0.1, 0.15) is 24.0 Å². The molecule has 10 nitrogen and oxygen atoms in total. The number of hydrogen-bond donors (Lipinski definition) is 6. The molecule has 0 saturated heterocycles. The van der Waals surface area contributed by atoms with Gasteiger partial charge in [-0.05, 0) is 30.4 Å². The van der Waals surface area contributed by atoms with Crippen LogP contribution in [0, 0.1) is 0 Å². The molecule has 0 saturated carbocycles. The van der Waals surface area contributed by atoms with Crippen LogP contribution >= 0.6 is 0 Å². The molecule has 10 N–H and O–H groups in total. The number of carbonyl (C=O) groups excluding carboxylic acids is 3. The van der Waals surface area contributed by atoms with Gasteiger partial charge < -0.3 is 33.6 Å².